The molecule has 1 aliphatic heterocycles. The first-order valence-corrected chi connectivity index (χ1v) is 3.20. The predicted molar refractivity (Wildman–Crippen MR) is 32.4 cm³/mol. The van der Waals surface area contributed by atoms with E-state index in [2.05, 4.69) is 4.74 Å². The molecule has 5 nitrogen and oxygen atoms in total. The van der Waals surface area contributed by atoms with E-state index in [4.69, 9.17) is 0 Å². The number of ether oxygens (including phenoxy) is 1. The van der Waals surface area contributed by atoms with Crippen LogP contribution in [-0.2, 0) is 14.3 Å². The van der Waals surface area contributed by atoms with Gasteiger partial charge in [-0.2, -0.15) is 0 Å². The number of carbonyl (C=O) groups is 2. The van der Waals surface area contributed by atoms with Crippen LogP contribution in [0.15, 0.2) is 0 Å². The van der Waals surface area contributed by atoms with E-state index in [1.165, 1.54) is 11.9 Å². The van der Waals surface area contributed by atoms with Crippen molar-refractivity contribution in [3.63, 3.8) is 0 Å². The second-order valence-electron chi connectivity index (χ2n) is 2.33. The van der Waals surface area contributed by atoms with E-state index in [-0.39, 0.29) is 25.5 Å². The Morgan fingerprint density at radius 3 is 2.75 bits per heavy atom. The van der Waals surface area contributed by atoms with Crippen LogP contribution in [0.25, 0.3) is 0 Å². The molecule has 0 radical (unpaired) electrons. The van der Waals surface area contributed by atoms with Crippen molar-refractivity contribution < 1.29 is 38.3 Å². The number of nitrogens with zero attached hydrogens (tertiary/aromatic N) is 1. The van der Waals surface area contributed by atoms with Crippen molar-refractivity contribution in [3.05, 3.63) is 0 Å². The van der Waals surface area contributed by atoms with Crippen LogP contribution >= 0.6 is 0 Å². The molecule has 62 valence electrons. The van der Waals surface area contributed by atoms with Gasteiger partial charge in [0.15, 0.2) is 6.10 Å². The quantitative estimate of drug-likeness (QED) is 0.287. The number of amides is 1. The van der Waals surface area contributed by atoms with Crippen LogP contribution in [0, 0.1) is 0 Å². The van der Waals surface area contributed by atoms with Gasteiger partial charge in [0.25, 0.3) is 5.91 Å². The third-order valence-electron chi connectivity index (χ3n) is 1.53. The van der Waals surface area contributed by atoms with Gasteiger partial charge in [-0.1, -0.05) is 0 Å². The summed E-state index contributed by atoms with van der Waals surface area (Å²) in [5, 5.41) is 10.2. The molecule has 1 heterocycles. The zero-order valence-electron chi connectivity index (χ0n) is 7.07. The van der Waals surface area contributed by atoms with E-state index in [9.17, 15) is 14.7 Å². The van der Waals surface area contributed by atoms with Crippen molar-refractivity contribution in [2.75, 3.05) is 20.2 Å². The number of carboxylic acid groups (broad SMARTS) is 1. The summed E-state index contributed by atoms with van der Waals surface area (Å²) in [5.74, 6) is -2.02. The van der Waals surface area contributed by atoms with Gasteiger partial charge >= 0.3 is 18.9 Å². The Morgan fingerprint density at radius 1 is 1.75 bits per heavy atom. The zero-order chi connectivity index (χ0) is 8.43. The van der Waals surface area contributed by atoms with Crippen LogP contribution < -0.4 is 24.0 Å². The Kier molecular flexibility index (Phi) is 4.32. The first-order valence-electron chi connectivity index (χ1n) is 3.20. The second-order valence-corrected chi connectivity index (χ2v) is 2.33. The Bertz CT molecular complexity index is 196. The second kappa shape index (κ2) is 4.51. The first kappa shape index (κ1) is 11.5. The van der Waals surface area contributed by atoms with Crippen molar-refractivity contribution in [3.8, 4) is 0 Å². The van der Waals surface area contributed by atoms with Crippen LogP contribution in [0.2, 0.25) is 0 Å². The molecule has 1 atom stereocenters. The molecule has 0 aromatic heterocycles. The summed E-state index contributed by atoms with van der Waals surface area (Å²) in [5.41, 5.74) is 0. The number of hydrogen-bond donors (Lipinski definition) is 0. The number of morpholine rings is 1. The van der Waals surface area contributed by atoms with Crippen LogP contribution in [0.1, 0.15) is 0 Å². The predicted octanol–water partition coefficient (Wildman–Crippen LogP) is -5.40. The molecule has 1 amide bonds. The monoisotopic (exact) mass is 165 g/mol. The molecule has 1 saturated heterocycles. The molecule has 0 aromatic carbocycles. The zero-order valence-corrected chi connectivity index (χ0v) is 7.07. The van der Waals surface area contributed by atoms with E-state index in [0.717, 1.165) is 0 Å². The summed E-state index contributed by atoms with van der Waals surface area (Å²) in [6.45, 7) is 0.684. The van der Waals surface area contributed by atoms with Crippen molar-refractivity contribution in [1.82, 2.24) is 4.90 Å². The Balaban J connectivity index is 0.00000121. The maximum Gasteiger partial charge on any atom is 1.00 e. The minimum absolute atomic E-state index is 0. The van der Waals surface area contributed by atoms with Gasteiger partial charge in [-0.15, -0.1) is 0 Å². The molecule has 0 aliphatic carbocycles. The Labute approximate surface area is 81.8 Å². The smallest absolute Gasteiger partial charge is 0.547 e. The molecule has 0 saturated carbocycles. The van der Waals surface area contributed by atoms with Crippen LogP contribution in [0.3, 0.4) is 0 Å². The van der Waals surface area contributed by atoms with Crippen molar-refractivity contribution in [1.29, 1.82) is 0 Å². The molecule has 1 aliphatic rings. The fourth-order valence-electron chi connectivity index (χ4n) is 0.858. The van der Waals surface area contributed by atoms with Gasteiger partial charge in [-0.05, 0) is 0 Å². The summed E-state index contributed by atoms with van der Waals surface area (Å²) >= 11 is 0. The summed E-state index contributed by atoms with van der Waals surface area (Å²) in [6, 6.07) is 0. The summed E-state index contributed by atoms with van der Waals surface area (Å²) < 4.78 is 4.67. The average Bonchev–Trinajstić information content (AvgIpc) is 1.94. The van der Waals surface area contributed by atoms with E-state index >= 15 is 0 Å². The molecule has 0 bridgehead atoms. The van der Waals surface area contributed by atoms with Crippen LogP contribution in [0.4, 0.5) is 0 Å². The molecule has 12 heavy (non-hydrogen) atoms. The van der Waals surface area contributed by atoms with E-state index in [1.54, 1.807) is 0 Å². The SMILES string of the molecule is CN1CCOC(C(=O)[O-])C1=O.[Li+]. The Morgan fingerprint density at radius 2 is 2.33 bits per heavy atom. The average molecular weight is 165 g/mol. The van der Waals surface area contributed by atoms with Gasteiger partial charge < -0.3 is 19.5 Å². The number of likely N-dealkylation sites (N-methyl/N-ethyl adjacent to an activating group) is 1. The van der Waals surface area contributed by atoms with Crippen LogP contribution in [0.5, 0.6) is 0 Å². The molecule has 1 fully saturated rings. The van der Waals surface area contributed by atoms with E-state index < -0.39 is 18.0 Å². The Hall–Kier alpha value is -0.503. The van der Waals surface area contributed by atoms with Gasteiger partial charge in [-0.3, -0.25) is 4.79 Å². The topological polar surface area (TPSA) is 69.7 Å². The normalized spacial score (nSPS) is 23.2. The fourth-order valence-corrected chi connectivity index (χ4v) is 0.858. The van der Waals surface area contributed by atoms with E-state index in [1.807, 2.05) is 0 Å². The summed E-state index contributed by atoms with van der Waals surface area (Å²) in [4.78, 5) is 22.5. The molecule has 0 N–H and O–H groups in total. The van der Waals surface area contributed by atoms with Gasteiger partial charge in [0.1, 0.15) is 0 Å². The molecule has 1 unspecified atom stereocenters. The third kappa shape index (κ3) is 2.24. The van der Waals surface area contributed by atoms with Crippen molar-refractivity contribution >= 4 is 11.9 Å². The summed E-state index contributed by atoms with van der Waals surface area (Å²) in [6.07, 6.45) is -1.41. The molecule has 1 rings (SSSR count). The summed E-state index contributed by atoms with van der Waals surface area (Å²) in [7, 11) is 1.53. The molecule has 0 aromatic rings. The minimum atomic E-state index is -1.47. The van der Waals surface area contributed by atoms with E-state index in [0.29, 0.717) is 6.54 Å². The van der Waals surface area contributed by atoms with Crippen molar-refractivity contribution in [2.45, 2.75) is 6.10 Å². The maximum absolute atomic E-state index is 10.9. The molecular weight excluding hydrogens is 157 g/mol. The van der Waals surface area contributed by atoms with Gasteiger partial charge in [0, 0.05) is 13.6 Å². The van der Waals surface area contributed by atoms with Gasteiger partial charge in [0.2, 0.25) is 0 Å². The standard InChI is InChI=1S/C6H9NO4.Li/c1-7-2-3-11-4(5(7)8)6(9)10;/h4H,2-3H2,1H3,(H,9,10);/q;+1/p-1. The molecular formula is C6H8LiNO4. The molecule has 0 spiro atoms. The first-order chi connectivity index (χ1) is 5.13. The third-order valence-corrected chi connectivity index (χ3v) is 1.53. The number of carbonyl (C=O) groups excluding carboxylic acids is 2. The maximum atomic E-state index is 10.9. The largest absolute Gasteiger partial charge is 1.00 e. The fraction of sp³-hybridized carbons (Fsp3) is 0.667. The minimum Gasteiger partial charge on any atom is -0.547 e. The van der Waals surface area contributed by atoms with Crippen LogP contribution in [-0.4, -0.2) is 43.1 Å². The number of aliphatic carboxylic acids is 1. The van der Waals surface area contributed by atoms with Gasteiger partial charge in [-0.25, -0.2) is 0 Å². The number of carboxylic acids is 1. The number of rotatable bonds is 1. The van der Waals surface area contributed by atoms with Gasteiger partial charge in [0.05, 0.1) is 12.6 Å². The molecule has 6 heteroatoms. The number of hydrogen-bond acceptors (Lipinski definition) is 4. The van der Waals surface area contributed by atoms with Crippen molar-refractivity contribution in [2.24, 2.45) is 0 Å².